The molecule has 0 aliphatic rings. The van der Waals surface area contributed by atoms with Crippen molar-refractivity contribution in [1.29, 1.82) is 0 Å². The summed E-state index contributed by atoms with van der Waals surface area (Å²) in [5.74, 6) is 0.630. The van der Waals surface area contributed by atoms with Crippen molar-refractivity contribution in [2.24, 2.45) is 0 Å². The normalized spacial score (nSPS) is 11.8. The third kappa shape index (κ3) is 5.96. The molecule has 5 aromatic heterocycles. The van der Waals surface area contributed by atoms with Crippen molar-refractivity contribution >= 4 is 65.7 Å². The first-order valence-corrected chi connectivity index (χ1v) is 21.4. The molecule has 0 amide bonds. The number of nitrogens with zero attached hydrogens (tertiary/aromatic N) is 4. The fourth-order valence-electron chi connectivity index (χ4n) is 9.22. The van der Waals surface area contributed by atoms with Gasteiger partial charge in [0.1, 0.15) is 22.3 Å². The zero-order valence-electron chi connectivity index (χ0n) is 34.2. The van der Waals surface area contributed by atoms with Crippen LogP contribution in [-0.2, 0) is 0 Å². The van der Waals surface area contributed by atoms with Gasteiger partial charge in [0, 0.05) is 71.9 Å². The molecule has 0 saturated heterocycles. The van der Waals surface area contributed by atoms with Crippen LogP contribution in [0.25, 0.3) is 133 Å². The van der Waals surface area contributed by atoms with Crippen LogP contribution in [0.5, 0.6) is 0 Å². The van der Waals surface area contributed by atoms with Gasteiger partial charge in [0.05, 0.1) is 28.1 Å². The van der Waals surface area contributed by atoms with Crippen LogP contribution in [0.2, 0.25) is 0 Å². The van der Waals surface area contributed by atoms with Gasteiger partial charge in [0.15, 0.2) is 5.82 Å². The summed E-state index contributed by atoms with van der Waals surface area (Å²) in [7, 11) is 0. The van der Waals surface area contributed by atoms with Gasteiger partial charge in [-0.05, 0) is 65.7 Å². The second-order valence-corrected chi connectivity index (χ2v) is 16.2. The minimum Gasteiger partial charge on any atom is -0.455 e. The summed E-state index contributed by atoms with van der Waals surface area (Å²) >= 11 is 0. The van der Waals surface area contributed by atoms with Gasteiger partial charge in [0.25, 0.3) is 0 Å². The molecule has 0 atom stereocenters. The number of hydrogen-bond acceptors (Lipinski definition) is 6. The molecule has 8 aromatic carbocycles. The highest BCUT2D eigenvalue weighted by Gasteiger charge is 2.19. The Hall–Kier alpha value is -8.74. The van der Waals surface area contributed by atoms with E-state index in [1.165, 1.54) is 0 Å². The SMILES string of the molecule is c1ccc(-c2nc(-c3cccc(-c4ccc5ccc6cccnc6c5n4)c3)cc(-c3cc(-c4cccc5c4oc4ccccc45)cc(-c4cccc5c4oc4ccccc45)c3)n2)cc1. The van der Waals surface area contributed by atoms with Gasteiger partial charge in [-0.25, -0.2) is 15.0 Å². The molecule has 5 heterocycles. The molecule has 0 aliphatic carbocycles. The maximum absolute atomic E-state index is 6.63. The van der Waals surface area contributed by atoms with Crippen LogP contribution in [0, 0.1) is 0 Å². The van der Waals surface area contributed by atoms with E-state index in [0.29, 0.717) is 5.82 Å². The topological polar surface area (TPSA) is 77.8 Å². The Bertz CT molecular complexity index is 3850. The molecule has 0 radical (unpaired) electrons. The highest BCUT2D eigenvalue weighted by Crippen LogP contribution is 2.42. The first kappa shape index (κ1) is 36.0. The zero-order valence-corrected chi connectivity index (χ0v) is 34.2. The van der Waals surface area contributed by atoms with E-state index in [9.17, 15) is 0 Å². The van der Waals surface area contributed by atoms with E-state index in [1.807, 2.05) is 54.7 Å². The lowest BCUT2D eigenvalue weighted by atomic mass is 9.93. The Balaban J connectivity index is 1.03. The number of pyridine rings is 2. The second kappa shape index (κ2) is 14.4. The molecular weight excluding hydrogens is 785 g/mol. The minimum atomic E-state index is 0.630. The zero-order chi connectivity index (χ0) is 42.1. The molecule has 64 heavy (non-hydrogen) atoms. The molecule has 0 aliphatic heterocycles. The molecule has 13 rings (SSSR count). The maximum atomic E-state index is 6.63. The number of fused-ring (bicyclic) bond motifs is 9. The number of benzene rings is 8. The average molecular weight is 819 g/mol. The van der Waals surface area contributed by atoms with Gasteiger partial charge in [-0.3, -0.25) is 4.98 Å². The largest absolute Gasteiger partial charge is 0.455 e. The van der Waals surface area contributed by atoms with Gasteiger partial charge < -0.3 is 8.83 Å². The summed E-state index contributed by atoms with van der Waals surface area (Å²) in [5.41, 5.74) is 15.4. The van der Waals surface area contributed by atoms with Gasteiger partial charge in [-0.1, -0.05) is 146 Å². The van der Waals surface area contributed by atoms with Crippen molar-refractivity contribution in [2.75, 3.05) is 0 Å². The van der Waals surface area contributed by atoms with Crippen LogP contribution < -0.4 is 0 Å². The highest BCUT2D eigenvalue weighted by molar-refractivity contribution is 6.12. The van der Waals surface area contributed by atoms with Crippen LogP contribution in [0.15, 0.2) is 215 Å². The monoisotopic (exact) mass is 818 g/mol. The van der Waals surface area contributed by atoms with E-state index >= 15 is 0 Å². The molecule has 6 heteroatoms. The third-order valence-electron chi connectivity index (χ3n) is 12.3. The molecule has 0 saturated carbocycles. The Morgan fingerprint density at radius 3 is 1.52 bits per heavy atom. The summed E-state index contributed by atoms with van der Waals surface area (Å²) in [6.07, 6.45) is 1.82. The minimum absolute atomic E-state index is 0.630. The average Bonchev–Trinajstić information content (AvgIpc) is 3.95. The van der Waals surface area contributed by atoms with Crippen LogP contribution in [-0.4, -0.2) is 19.9 Å². The smallest absolute Gasteiger partial charge is 0.160 e. The van der Waals surface area contributed by atoms with Crippen molar-refractivity contribution in [3.8, 4) is 67.4 Å². The van der Waals surface area contributed by atoms with Crippen LogP contribution in [0.1, 0.15) is 0 Å². The summed E-state index contributed by atoms with van der Waals surface area (Å²) < 4.78 is 13.3. The Labute approximate surface area is 366 Å². The molecule has 0 N–H and O–H groups in total. The molecule has 0 spiro atoms. The first-order chi connectivity index (χ1) is 31.7. The van der Waals surface area contributed by atoms with Gasteiger partial charge in [0.2, 0.25) is 0 Å². The van der Waals surface area contributed by atoms with Crippen molar-refractivity contribution in [2.45, 2.75) is 0 Å². The molecule has 0 fully saturated rings. The van der Waals surface area contributed by atoms with E-state index in [2.05, 4.69) is 152 Å². The van der Waals surface area contributed by atoms with Gasteiger partial charge in [-0.15, -0.1) is 0 Å². The molecule has 13 aromatic rings. The molecule has 0 unspecified atom stereocenters. The molecular formula is C58H34N4O2. The van der Waals surface area contributed by atoms with Crippen LogP contribution in [0.3, 0.4) is 0 Å². The van der Waals surface area contributed by atoms with Crippen molar-refractivity contribution in [3.63, 3.8) is 0 Å². The van der Waals surface area contributed by atoms with Crippen LogP contribution >= 0.6 is 0 Å². The predicted molar refractivity (Wildman–Crippen MR) is 260 cm³/mol. The fourth-order valence-corrected chi connectivity index (χ4v) is 9.22. The summed E-state index contributed by atoms with van der Waals surface area (Å²) in [6.45, 7) is 0. The van der Waals surface area contributed by atoms with E-state index < -0.39 is 0 Å². The quantitative estimate of drug-likeness (QED) is 0.156. The lowest BCUT2D eigenvalue weighted by Crippen LogP contribution is -1.97. The number of rotatable bonds is 6. The summed E-state index contributed by atoms with van der Waals surface area (Å²) in [4.78, 5) is 20.4. The third-order valence-corrected chi connectivity index (χ3v) is 12.3. The van der Waals surface area contributed by atoms with Crippen LogP contribution in [0.4, 0.5) is 0 Å². The Kier molecular flexibility index (Phi) is 8.11. The lowest BCUT2D eigenvalue weighted by molar-refractivity contribution is 0.670. The fraction of sp³-hybridized carbons (Fsp3) is 0. The van der Waals surface area contributed by atoms with E-state index in [-0.39, 0.29) is 0 Å². The number of aromatic nitrogens is 4. The van der Waals surface area contributed by atoms with Crippen molar-refractivity contribution in [1.82, 2.24) is 19.9 Å². The van der Waals surface area contributed by atoms with Crippen molar-refractivity contribution in [3.05, 3.63) is 206 Å². The lowest BCUT2D eigenvalue weighted by Gasteiger charge is -2.14. The van der Waals surface area contributed by atoms with Crippen molar-refractivity contribution < 1.29 is 8.83 Å². The Morgan fingerprint density at radius 2 is 0.828 bits per heavy atom. The highest BCUT2D eigenvalue weighted by atomic mass is 16.3. The number of hydrogen-bond donors (Lipinski definition) is 0. The second-order valence-electron chi connectivity index (χ2n) is 16.2. The van der Waals surface area contributed by atoms with E-state index in [1.54, 1.807) is 0 Å². The summed E-state index contributed by atoms with van der Waals surface area (Å²) in [6, 6.07) is 69.1. The standard InChI is InChI=1S/C58H34N4O2/c1-2-12-37(13-3-1)58-61-50(39-15-8-14-38(30-39)49-28-27-36-26-25-35-16-11-29-59-54(35)55(36)60-49)34-51(62-58)42-32-40(43-19-9-21-47-45-17-4-6-23-52(45)63-56(43)47)31-41(33-42)44-20-10-22-48-46-18-5-7-24-53(46)64-57(44)48/h1-34H. The molecule has 0 bridgehead atoms. The predicted octanol–water partition coefficient (Wildman–Crippen LogP) is 15.4. The van der Waals surface area contributed by atoms with E-state index in [4.69, 9.17) is 28.8 Å². The number of furan rings is 2. The summed E-state index contributed by atoms with van der Waals surface area (Å²) in [5, 5.41) is 6.42. The molecule has 298 valence electrons. The maximum Gasteiger partial charge on any atom is 0.160 e. The Morgan fingerprint density at radius 1 is 0.312 bits per heavy atom. The van der Waals surface area contributed by atoms with Gasteiger partial charge >= 0.3 is 0 Å². The van der Waals surface area contributed by atoms with Gasteiger partial charge in [-0.2, -0.15) is 0 Å². The molecule has 6 nitrogen and oxygen atoms in total. The first-order valence-electron chi connectivity index (χ1n) is 21.4. The van der Waals surface area contributed by atoms with E-state index in [0.717, 1.165) is 127 Å². The number of para-hydroxylation sites is 4.